The fourth-order valence-electron chi connectivity index (χ4n) is 3.03. The van der Waals surface area contributed by atoms with E-state index in [9.17, 15) is 4.79 Å². The average Bonchev–Trinajstić information content (AvgIpc) is 2.51. The van der Waals surface area contributed by atoms with Crippen molar-refractivity contribution in [3.05, 3.63) is 0 Å². The molecule has 1 aliphatic heterocycles. The molecular weight excluding hydrogens is 178 g/mol. The molecule has 3 heteroatoms. The SMILES string of the molecule is COC(=O)[C@@]12CCCCC[C@@H]1NCC2. The van der Waals surface area contributed by atoms with Crippen LogP contribution in [0.3, 0.4) is 0 Å². The standard InChI is InChI=1S/C11H19NO2/c1-14-10(13)11-6-4-2-3-5-9(11)12-8-7-11/h9,12H,2-8H2,1H3/t9-,11+/m0/s1. The van der Waals surface area contributed by atoms with Crippen LogP contribution in [0.2, 0.25) is 0 Å². The van der Waals surface area contributed by atoms with E-state index >= 15 is 0 Å². The summed E-state index contributed by atoms with van der Waals surface area (Å²) in [6, 6.07) is 0.373. The van der Waals surface area contributed by atoms with Crippen molar-refractivity contribution >= 4 is 5.97 Å². The Kier molecular flexibility index (Phi) is 2.77. The Hall–Kier alpha value is -0.570. The molecule has 2 fully saturated rings. The first-order chi connectivity index (χ1) is 6.79. The fourth-order valence-corrected chi connectivity index (χ4v) is 3.03. The van der Waals surface area contributed by atoms with E-state index in [1.165, 1.54) is 26.4 Å². The molecule has 0 aromatic rings. The van der Waals surface area contributed by atoms with E-state index in [0.717, 1.165) is 25.8 Å². The van der Waals surface area contributed by atoms with Crippen LogP contribution >= 0.6 is 0 Å². The van der Waals surface area contributed by atoms with Gasteiger partial charge in [0.2, 0.25) is 0 Å². The van der Waals surface area contributed by atoms with Crippen LogP contribution in [-0.4, -0.2) is 25.7 Å². The second-order valence-electron chi connectivity index (χ2n) is 4.50. The van der Waals surface area contributed by atoms with Gasteiger partial charge < -0.3 is 10.1 Å². The lowest BCUT2D eigenvalue weighted by Gasteiger charge is -2.30. The van der Waals surface area contributed by atoms with Gasteiger partial charge in [-0.2, -0.15) is 0 Å². The van der Waals surface area contributed by atoms with Crippen molar-refractivity contribution in [1.82, 2.24) is 5.32 Å². The minimum absolute atomic E-state index is 0.00870. The summed E-state index contributed by atoms with van der Waals surface area (Å²) in [7, 11) is 1.51. The van der Waals surface area contributed by atoms with Crippen LogP contribution in [0.4, 0.5) is 0 Å². The quantitative estimate of drug-likeness (QED) is 0.647. The summed E-state index contributed by atoms with van der Waals surface area (Å²) in [6.45, 7) is 0.972. The van der Waals surface area contributed by atoms with Crippen LogP contribution in [0.1, 0.15) is 38.5 Å². The molecule has 1 aliphatic carbocycles. The van der Waals surface area contributed by atoms with Crippen molar-refractivity contribution < 1.29 is 9.53 Å². The highest BCUT2D eigenvalue weighted by Gasteiger charge is 2.49. The van der Waals surface area contributed by atoms with E-state index in [2.05, 4.69) is 5.32 Å². The number of hydrogen-bond acceptors (Lipinski definition) is 3. The van der Waals surface area contributed by atoms with E-state index in [1.807, 2.05) is 0 Å². The maximum atomic E-state index is 11.9. The number of nitrogens with one attached hydrogen (secondary N) is 1. The van der Waals surface area contributed by atoms with Gasteiger partial charge in [0, 0.05) is 6.04 Å². The topological polar surface area (TPSA) is 38.3 Å². The summed E-state index contributed by atoms with van der Waals surface area (Å²) in [5.41, 5.74) is -0.189. The second kappa shape index (κ2) is 3.89. The summed E-state index contributed by atoms with van der Waals surface area (Å²) >= 11 is 0. The lowest BCUT2D eigenvalue weighted by molar-refractivity contribution is -0.153. The van der Waals surface area contributed by atoms with Gasteiger partial charge in [-0.15, -0.1) is 0 Å². The molecule has 2 atom stereocenters. The van der Waals surface area contributed by atoms with Gasteiger partial charge in [-0.05, 0) is 25.8 Å². The lowest BCUT2D eigenvalue weighted by Crippen LogP contribution is -2.42. The van der Waals surface area contributed by atoms with Crippen LogP contribution in [0.15, 0.2) is 0 Å². The third-order valence-electron chi connectivity index (χ3n) is 3.84. The molecule has 1 N–H and O–H groups in total. The highest BCUT2D eigenvalue weighted by Crippen LogP contribution is 2.42. The van der Waals surface area contributed by atoms with E-state index in [0.29, 0.717) is 6.04 Å². The first-order valence-electron chi connectivity index (χ1n) is 5.61. The number of esters is 1. The van der Waals surface area contributed by atoms with Gasteiger partial charge >= 0.3 is 5.97 Å². The number of hydrogen-bond donors (Lipinski definition) is 1. The van der Waals surface area contributed by atoms with Crippen LogP contribution < -0.4 is 5.32 Å². The molecule has 1 saturated heterocycles. The zero-order valence-electron chi connectivity index (χ0n) is 8.84. The number of ether oxygens (including phenoxy) is 1. The second-order valence-corrected chi connectivity index (χ2v) is 4.50. The molecule has 1 saturated carbocycles. The molecule has 14 heavy (non-hydrogen) atoms. The first kappa shape index (κ1) is 9.97. The molecule has 2 aliphatic rings. The first-order valence-corrected chi connectivity index (χ1v) is 5.61. The van der Waals surface area contributed by atoms with Gasteiger partial charge in [-0.3, -0.25) is 4.79 Å². The monoisotopic (exact) mass is 197 g/mol. The van der Waals surface area contributed by atoms with Crippen molar-refractivity contribution in [3.8, 4) is 0 Å². The maximum absolute atomic E-state index is 11.9. The molecule has 0 bridgehead atoms. The third kappa shape index (κ3) is 1.44. The Morgan fingerprint density at radius 1 is 1.36 bits per heavy atom. The minimum Gasteiger partial charge on any atom is -0.469 e. The molecule has 0 radical (unpaired) electrons. The number of methoxy groups -OCH3 is 1. The molecule has 0 aromatic carbocycles. The van der Waals surface area contributed by atoms with Crippen molar-refractivity contribution in [1.29, 1.82) is 0 Å². The molecule has 2 rings (SSSR count). The Balaban J connectivity index is 2.21. The largest absolute Gasteiger partial charge is 0.469 e. The zero-order valence-corrected chi connectivity index (χ0v) is 8.84. The van der Waals surface area contributed by atoms with E-state index in [4.69, 9.17) is 4.74 Å². The van der Waals surface area contributed by atoms with Crippen LogP contribution in [0, 0.1) is 5.41 Å². The number of rotatable bonds is 1. The number of carbonyl (C=O) groups excluding carboxylic acids is 1. The van der Waals surface area contributed by atoms with E-state index in [1.54, 1.807) is 0 Å². The Bertz CT molecular complexity index is 229. The van der Waals surface area contributed by atoms with Crippen molar-refractivity contribution in [2.45, 2.75) is 44.6 Å². The summed E-state index contributed by atoms with van der Waals surface area (Å²) in [5.74, 6) is 0.00870. The minimum atomic E-state index is -0.189. The summed E-state index contributed by atoms with van der Waals surface area (Å²) < 4.78 is 4.97. The molecule has 80 valence electrons. The van der Waals surface area contributed by atoms with Gasteiger partial charge in [0.1, 0.15) is 0 Å². The Morgan fingerprint density at radius 2 is 2.21 bits per heavy atom. The molecule has 3 nitrogen and oxygen atoms in total. The Labute approximate surface area is 85.2 Å². The highest BCUT2D eigenvalue weighted by atomic mass is 16.5. The van der Waals surface area contributed by atoms with E-state index in [-0.39, 0.29) is 11.4 Å². The summed E-state index contributed by atoms with van der Waals surface area (Å²) in [6.07, 6.45) is 6.79. The molecule has 0 unspecified atom stereocenters. The highest BCUT2D eigenvalue weighted by molar-refractivity contribution is 5.78. The maximum Gasteiger partial charge on any atom is 0.313 e. The van der Waals surface area contributed by atoms with Gasteiger partial charge in [0.15, 0.2) is 0 Å². The van der Waals surface area contributed by atoms with Crippen molar-refractivity contribution in [2.24, 2.45) is 5.41 Å². The lowest BCUT2D eigenvalue weighted by atomic mass is 9.77. The predicted molar refractivity (Wildman–Crippen MR) is 53.9 cm³/mol. The van der Waals surface area contributed by atoms with Gasteiger partial charge in [0.25, 0.3) is 0 Å². The van der Waals surface area contributed by atoms with Gasteiger partial charge in [0.05, 0.1) is 12.5 Å². The van der Waals surface area contributed by atoms with Crippen LogP contribution in [-0.2, 0) is 9.53 Å². The molecule has 0 aromatic heterocycles. The van der Waals surface area contributed by atoms with E-state index < -0.39 is 0 Å². The fraction of sp³-hybridized carbons (Fsp3) is 0.909. The van der Waals surface area contributed by atoms with Gasteiger partial charge in [-0.25, -0.2) is 0 Å². The molecule has 1 heterocycles. The number of fused-ring (bicyclic) bond motifs is 1. The van der Waals surface area contributed by atoms with Gasteiger partial charge in [-0.1, -0.05) is 19.3 Å². The van der Waals surface area contributed by atoms with Crippen LogP contribution in [0.25, 0.3) is 0 Å². The van der Waals surface area contributed by atoms with Crippen LogP contribution in [0.5, 0.6) is 0 Å². The normalized spacial score (nSPS) is 37.4. The van der Waals surface area contributed by atoms with Crippen molar-refractivity contribution in [2.75, 3.05) is 13.7 Å². The zero-order chi connectivity index (χ0) is 10.0. The Morgan fingerprint density at radius 3 is 3.00 bits per heavy atom. The summed E-state index contributed by atoms with van der Waals surface area (Å²) in [5, 5.41) is 3.45. The smallest absolute Gasteiger partial charge is 0.313 e. The average molecular weight is 197 g/mol. The molecule has 0 amide bonds. The molecular formula is C11H19NO2. The van der Waals surface area contributed by atoms with Crippen molar-refractivity contribution in [3.63, 3.8) is 0 Å². The summed E-state index contributed by atoms with van der Waals surface area (Å²) in [4.78, 5) is 11.9. The molecule has 0 spiro atoms. The predicted octanol–water partition coefficient (Wildman–Crippen LogP) is 1.47. The third-order valence-corrected chi connectivity index (χ3v) is 3.84. The number of carbonyl (C=O) groups is 1.